The van der Waals surface area contributed by atoms with E-state index in [1.807, 2.05) is 19.2 Å². The summed E-state index contributed by atoms with van der Waals surface area (Å²) in [6, 6.07) is 12.3. The highest BCUT2D eigenvalue weighted by Crippen LogP contribution is 2.07. The average molecular weight is 326 g/mol. The Labute approximate surface area is 144 Å². The fourth-order valence-electron chi connectivity index (χ4n) is 2.26. The third-order valence-corrected chi connectivity index (χ3v) is 3.49. The maximum absolute atomic E-state index is 5.63. The lowest BCUT2D eigenvalue weighted by Gasteiger charge is -2.22. The van der Waals surface area contributed by atoms with Crippen molar-refractivity contribution in [1.82, 2.24) is 15.2 Å². The molecule has 2 rings (SSSR count). The molecule has 0 radical (unpaired) electrons. The van der Waals surface area contributed by atoms with Gasteiger partial charge >= 0.3 is 0 Å². The average Bonchev–Trinajstić information content (AvgIpc) is 2.60. The maximum Gasteiger partial charge on any atom is 0.194 e. The summed E-state index contributed by atoms with van der Waals surface area (Å²) >= 11 is 0. The molecule has 1 aromatic carbocycles. The van der Waals surface area contributed by atoms with Crippen LogP contribution in [-0.2, 0) is 6.54 Å². The molecule has 0 aliphatic rings. The number of rotatable bonds is 7. The highest BCUT2D eigenvalue weighted by molar-refractivity contribution is 5.79. The molecule has 1 aromatic heterocycles. The quantitative estimate of drug-likeness (QED) is 0.483. The molecule has 5 heteroatoms. The predicted octanol–water partition coefficient (Wildman–Crippen LogP) is 2.87. The van der Waals surface area contributed by atoms with Crippen LogP contribution in [0.1, 0.15) is 18.1 Å². The molecule has 0 unspecified atom stereocenters. The number of hydrogen-bond donors (Lipinski definition) is 1. The zero-order valence-corrected chi connectivity index (χ0v) is 14.7. The molecule has 0 aliphatic heterocycles. The highest BCUT2D eigenvalue weighted by Gasteiger charge is 2.06. The Hall–Kier alpha value is -2.56. The number of aliphatic imine (C=N–C) groups is 1. The van der Waals surface area contributed by atoms with Crippen LogP contribution in [0.2, 0.25) is 0 Å². The number of ether oxygens (including phenoxy) is 1. The van der Waals surface area contributed by atoms with E-state index < -0.39 is 0 Å². The van der Waals surface area contributed by atoms with E-state index in [1.54, 1.807) is 12.4 Å². The van der Waals surface area contributed by atoms with E-state index in [0.29, 0.717) is 13.2 Å². The summed E-state index contributed by atoms with van der Waals surface area (Å²) in [6.07, 6.45) is 3.44. The van der Waals surface area contributed by atoms with Crippen molar-refractivity contribution in [2.24, 2.45) is 4.99 Å². The summed E-state index contributed by atoms with van der Waals surface area (Å²) in [7, 11) is 2.04. The summed E-state index contributed by atoms with van der Waals surface area (Å²) in [5, 5.41) is 3.32. The van der Waals surface area contributed by atoms with Crippen molar-refractivity contribution in [2.45, 2.75) is 20.4 Å². The minimum absolute atomic E-state index is 0.527. The largest absolute Gasteiger partial charge is 0.490 e. The highest BCUT2D eigenvalue weighted by atomic mass is 16.5. The molecule has 128 valence electrons. The molecule has 0 saturated heterocycles. The Balaban J connectivity index is 1.87. The first-order valence-electron chi connectivity index (χ1n) is 8.27. The Kier molecular flexibility index (Phi) is 7.08. The van der Waals surface area contributed by atoms with Crippen molar-refractivity contribution in [1.29, 1.82) is 0 Å². The fourth-order valence-corrected chi connectivity index (χ4v) is 2.26. The summed E-state index contributed by atoms with van der Waals surface area (Å²) in [6.45, 7) is 6.94. The molecule has 2 aromatic rings. The van der Waals surface area contributed by atoms with Crippen molar-refractivity contribution >= 4 is 5.96 Å². The minimum atomic E-state index is 0.527. The van der Waals surface area contributed by atoms with Gasteiger partial charge in [-0.25, -0.2) is 4.99 Å². The van der Waals surface area contributed by atoms with Gasteiger partial charge in [0.05, 0.1) is 12.7 Å². The molecular weight excluding hydrogens is 300 g/mol. The van der Waals surface area contributed by atoms with E-state index in [9.17, 15) is 0 Å². The lowest BCUT2D eigenvalue weighted by atomic mass is 10.1. The topological polar surface area (TPSA) is 49.8 Å². The van der Waals surface area contributed by atoms with Crippen LogP contribution >= 0.6 is 0 Å². The van der Waals surface area contributed by atoms with Crippen LogP contribution in [-0.4, -0.2) is 42.6 Å². The second kappa shape index (κ2) is 9.55. The van der Waals surface area contributed by atoms with Crippen molar-refractivity contribution in [3.63, 3.8) is 0 Å². The van der Waals surface area contributed by atoms with Crippen LogP contribution in [0.25, 0.3) is 0 Å². The van der Waals surface area contributed by atoms with Gasteiger partial charge in [-0.1, -0.05) is 29.8 Å². The Morgan fingerprint density at radius 2 is 2.04 bits per heavy atom. The van der Waals surface area contributed by atoms with Gasteiger partial charge in [0, 0.05) is 26.3 Å². The van der Waals surface area contributed by atoms with E-state index in [-0.39, 0.29) is 0 Å². The summed E-state index contributed by atoms with van der Waals surface area (Å²) in [4.78, 5) is 10.8. The lowest BCUT2D eigenvalue weighted by molar-refractivity contribution is 0.326. The molecule has 5 nitrogen and oxygen atoms in total. The Morgan fingerprint density at radius 1 is 1.25 bits per heavy atom. The lowest BCUT2D eigenvalue weighted by Crippen LogP contribution is -2.38. The molecule has 1 N–H and O–H groups in total. The molecule has 0 saturated carbocycles. The third-order valence-electron chi connectivity index (χ3n) is 3.49. The van der Waals surface area contributed by atoms with E-state index in [4.69, 9.17) is 4.74 Å². The van der Waals surface area contributed by atoms with Gasteiger partial charge in [-0.15, -0.1) is 0 Å². The van der Waals surface area contributed by atoms with E-state index in [1.165, 1.54) is 11.1 Å². The second-order valence-corrected chi connectivity index (χ2v) is 5.61. The first kappa shape index (κ1) is 17.8. The number of aromatic nitrogens is 1. The predicted molar refractivity (Wildman–Crippen MR) is 98.4 cm³/mol. The monoisotopic (exact) mass is 326 g/mol. The zero-order valence-electron chi connectivity index (χ0n) is 14.7. The van der Waals surface area contributed by atoms with E-state index in [0.717, 1.165) is 24.8 Å². The number of hydrogen-bond acceptors (Lipinski definition) is 3. The first-order valence-corrected chi connectivity index (χ1v) is 8.27. The summed E-state index contributed by atoms with van der Waals surface area (Å²) in [5.41, 5.74) is 2.54. The normalized spacial score (nSPS) is 11.2. The molecule has 0 atom stereocenters. The van der Waals surface area contributed by atoms with Crippen LogP contribution < -0.4 is 10.1 Å². The number of pyridine rings is 1. The van der Waals surface area contributed by atoms with Crippen LogP contribution in [0.4, 0.5) is 0 Å². The van der Waals surface area contributed by atoms with Gasteiger partial charge < -0.3 is 15.0 Å². The number of aryl methyl sites for hydroxylation is 1. The van der Waals surface area contributed by atoms with Crippen molar-refractivity contribution in [3.05, 3.63) is 59.9 Å². The van der Waals surface area contributed by atoms with Crippen molar-refractivity contribution < 1.29 is 4.74 Å². The smallest absolute Gasteiger partial charge is 0.194 e. The van der Waals surface area contributed by atoms with Crippen LogP contribution in [0, 0.1) is 6.92 Å². The van der Waals surface area contributed by atoms with Gasteiger partial charge in [-0.3, -0.25) is 4.98 Å². The van der Waals surface area contributed by atoms with E-state index >= 15 is 0 Å². The summed E-state index contributed by atoms with van der Waals surface area (Å²) in [5.74, 6) is 1.65. The van der Waals surface area contributed by atoms with Crippen LogP contribution in [0.15, 0.2) is 53.8 Å². The zero-order chi connectivity index (χ0) is 17.2. The van der Waals surface area contributed by atoms with Gasteiger partial charge in [-0.2, -0.15) is 0 Å². The maximum atomic E-state index is 5.63. The molecular formula is C19H26N4O. The Morgan fingerprint density at radius 3 is 2.71 bits per heavy atom. The molecule has 0 bridgehead atoms. The van der Waals surface area contributed by atoms with Crippen molar-refractivity contribution in [2.75, 3.05) is 26.7 Å². The summed E-state index contributed by atoms with van der Waals surface area (Å²) < 4.78 is 5.63. The molecule has 0 spiro atoms. The van der Waals surface area contributed by atoms with Gasteiger partial charge in [-0.05, 0) is 31.5 Å². The Bertz CT molecular complexity index is 626. The SMILES string of the molecule is CCNC(=NCCOc1cccnc1)N(C)Cc1ccc(C)cc1. The van der Waals surface area contributed by atoms with Crippen LogP contribution in [0.5, 0.6) is 5.75 Å². The minimum Gasteiger partial charge on any atom is -0.490 e. The van der Waals surface area contributed by atoms with Gasteiger partial charge in [0.1, 0.15) is 12.4 Å². The molecule has 0 amide bonds. The first-order chi connectivity index (χ1) is 11.7. The number of nitrogens with one attached hydrogen (secondary N) is 1. The number of guanidine groups is 1. The fraction of sp³-hybridized carbons (Fsp3) is 0.368. The molecule has 0 fully saturated rings. The van der Waals surface area contributed by atoms with E-state index in [2.05, 4.69) is 58.3 Å². The van der Waals surface area contributed by atoms with Crippen molar-refractivity contribution in [3.8, 4) is 5.75 Å². The van der Waals surface area contributed by atoms with Gasteiger partial charge in [0.25, 0.3) is 0 Å². The second-order valence-electron chi connectivity index (χ2n) is 5.61. The standard InChI is InChI=1S/C19H26N4O/c1-4-21-19(22-12-13-24-18-6-5-11-20-14-18)23(3)15-17-9-7-16(2)8-10-17/h5-11,14H,4,12-13,15H2,1-3H3,(H,21,22). The molecule has 0 aliphatic carbocycles. The van der Waals surface area contributed by atoms with Gasteiger partial charge in [0.2, 0.25) is 0 Å². The molecule has 24 heavy (non-hydrogen) atoms. The number of nitrogens with zero attached hydrogens (tertiary/aromatic N) is 3. The number of benzene rings is 1. The van der Waals surface area contributed by atoms with Crippen LogP contribution in [0.3, 0.4) is 0 Å². The van der Waals surface area contributed by atoms with Gasteiger partial charge in [0.15, 0.2) is 5.96 Å². The molecule has 1 heterocycles. The third kappa shape index (κ3) is 5.91.